The fraction of sp³-hybridized carbons (Fsp3) is 0.500. The number of carbonyl (C=O) groups is 1. The summed E-state index contributed by atoms with van der Waals surface area (Å²) >= 11 is 0. The third-order valence-electron chi connectivity index (χ3n) is 3.50. The van der Waals surface area contributed by atoms with Crippen molar-refractivity contribution in [1.29, 1.82) is 0 Å². The molecule has 1 amide bonds. The Balaban J connectivity index is 1.90. The van der Waals surface area contributed by atoms with Crippen LogP contribution in [0.3, 0.4) is 0 Å². The largest absolute Gasteiger partial charge is 0.325 e. The number of benzene rings is 1. The van der Waals surface area contributed by atoms with Gasteiger partial charge >= 0.3 is 0 Å². The van der Waals surface area contributed by atoms with E-state index in [0.717, 1.165) is 18.5 Å². The van der Waals surface area contributed by atoms with E-state index in [-0.39, 0.29) is 11.9 Å². The lowest BCUT2D eigenvalue weighted by Gasteiger charge is -2.26. The van der Waals surface area contributed by atoms with Crippen LogP contribution in [0, 0.1) is 5.92 Å². The zero-order valence-corrected chi connectivity index (χ0v) is 10.1. The van der Waals surface area contributed by atoms with E-state index in [4.69, 9.17) is 5.73 Å². The summed E-state index contributed by atoms with van der Waals surface area (Å²) in [5.41, 5.74) is 6.85. The van der Waals surface area contributed by atoms with Gasteiger partial charge in [0, 0.05) is 5.69 Å². The second-order valence-corrected chi connectivity index (χ2v) is 4.78. The molecule has 3 nitrogen and oxygen atoms in total. The maximum Gasteiger partial charge on any atom is 0.241 e. The molecule has 0 aromatic heterocycles. The van der Waals surface area contributed by atoms with Crippen LogP contribution >= 0.6 is 0 Å². The third kappa shape index (κ3) is 3.30. The van der Waals surface area contributed by atoms with Crippen molar-refractivity contribution in [1.82, 2.24) is 0 Å². The summed E-state index contributed by atoms with van der Waals surface area (Å²) in [6, 6.07) is 9.13. The number of hydrogen-bond acceptors (Lipinski definition) is 2. The van der Waals surface area contributed by atoms with Gasteiger partial charge in [-0.15, -0.1) is 0 Å². The molecule has 0 spiro atoms. The van der Waals surface area contributed by atoms with E-state index in [0.29, 0.717) is 5.92 Å². The lowest BCUT2D eigenvalue weighted by molar-refractivity contribution is -0.118. The Morgan fingerprint density at radius 1 is 1.18 bits per heavy atom. The molecule has 0 unspecified atom stereocenters. The standard InChI is InChI=1S/C14H20N2O/c15-13(11-7-3-1-4-8-11)14(17)16-12-9-5-2-6-10-12/h2,5-6,9-11,13H,1,3-4,7-8,15H2,(H,16,17)/t13-/m0/s1. The third-order valence-corrected chi connectivity index (χ3v) is 3.50. The summed E-state index contributed by atoms with van der Waals surface area (Å²) < 4.78 is 0. The highest BCUT2D eigenvalue weighted by Gasteiger charge is 2.25. The van der Waals surface area contributed by atoms with Crippen molar-refractivity contribution in [2.45, 2.75) is 38.1 Å². The first kappa shape index (κ1) is 12.1. The van der Waals surface area contributed by atoms with Crippen molar-refractivity contribution in [3.63, 3.8) is 0 Å². The second-order valence-electron chi connectivity index (χ2n) is 4.78. The molecule has 1 atom stereocenters. The van der Waals surface area contributed by atoms with Gasteiger partial charge in [-0.05, 0) is 30.9 Å². The molecule has 0 aliphatic heterocycles. The van der Waals surface area contributed by atoms with Gasteiger partial charge in [-0.2, -0.15) is 0 Å². The Morgan fingerprint density at radius 3 is 2.47 bits per heavy atom. The predicted molar refractivity (Wildman–Crippen MR) is 69.6 cm³/mol. The maximum absolute atomic E-state index is 12.0. The van der Waals surface area contributed by atoms with E-state index >= 15 is 0 Å². The Labute approximate surface area is 102 Å². The summed E-state index contributed by atoms with van der Waals surface area (Å²) in [4.78, 5) is 12.0. The average molecular weight is 232 g/mol. The molecule has 92 valence electrons. The van der Waals surface area contributed by atoms with Gasteiger partial charge in [-0.3, -0.25) is 4.79 Å². The summed E-state index contributed by atoms with van der Waals surface area (Å²) in [5.74, 6) is 0.301. The second kappa shape index (κ2) is 5.82. The number of nitrogens with one attached hydrogen (secondary N) is 1. The van der Waals surface area contributed by atoms with Crippen LogP contribution in [-0.2, 0) is 4.79 Å². The molecule has 2 rings (SSSR count). The van der Waals surface area contributed by atoms with E-state index < -0.39 is 0 Å². The molecule has 1 aliphatic carbocycles. The quantitative estimate of drug-likeness (QED) is 0.841. The molecule has 17 heavy (non-hydrogen) atoms. The molecule has 3 heteroatoms. The van der Waals surface area contributed by atoms with Gasteiger partial charge in [0.1, 0.15) is 0 Å². The number of carbonyl (C=O) groups excluding carboxylic acids is 1. The molecule has 1 saturated carbocycles. The molecular weight excluding hydrogens is 212 g/mol. The van der Waals surface area contributed by atoms with Gasteiger partial charge in [0.2, 0.25) is 5.91 Å². The fourth-order valence-electron chi connectivity index (χ4n) is 2.45. The Bertz CT molecular complexity index is 358. The Hall–Kier alpha value is -1.35. The number of nitrogens with two attached hydrogens (primary N) is 1. The van der Waals surface area contributed by atoms with Gasteiger partial charge in [0.15, 0.2) is 0 Å². The highest BCUT2D eigenvalue weighted by atomic mass is 16.2. The average Bonchev–Trinajstić information content (AvgIpc) is 2.40. The number of para-hydroxylation sites is 1. The van der Waals surface area contributed by atoms with Crippen molar-refractivity contribution in [2.75, 3.05) is 5.32 Å². The summed E-state index contributed by atoms with van der Waals surface area (Å²) in [6.07, 6.45) is 5.87. The van der Waals surface area contributed by atoms with E-state index in [2.05, 4.69) is 5.32 Å². The molecule has 0 saturated heterocycles. The monoisotopic (exact) mass is 232 g/mol. The molecule has 0 radical (unpaired) electrons. The van der Waals surface area contributed by atoms with Crippen molar-refractivity contribution in [2.24, 2.45) is 11.7 Å². The highest BCUT2D eigenvalue weighted by molar-refractivity contribution is 5.94. The number of rotatable bonds is 3. The van der Waals surface area contributed by atoms with E-state index in [1.807, 2.05) is 30.3 Å². The van der Waals surface area contributed by atoms with Gasteiger partial charge in [0.25, 0.3) is 0 Å². The van der Waals surface area contributed by atoms with Crippen LogP contribution in [0.4, 0.5) is 5.69 Å². The summed E-state index contributed by atoms with van der Waals surface area (Å²) in [7, 11) is 0. The molecule has 1 aromatic rings. The van der Waals surface area contributed by atoms with Crippen LogP contribution in [0.15, 0.2) is 30.3 Å². The molecule has 0 bridgehead atoms. The van der Waals surface area contributed by atoms with E-state index in [1.54, 1.807) is 0 Å². The Morgan fingerprint density at radius 2 is 1.82 bits per heavy atom. The van der Waals surface area contributed by atoms with Gasteiger partial charge in [0.05, 0.1) is 6.04 Å². The highest BCUT2D eigenvalue weighted by Crippen LogP contribution is 2.26. The van der Waals surface area contributed by atoms with Crippen molar-refractivity contribution < 1.29 is 4.79 Å². The molecule has 3 N–H and O–H groups in total. The lowest BCUT2D eigenvalue weighted by Crippen LogP contribution is -2.42. The zero-order chi connectivity index (χ0) is 12.1. The van der Waals surface area contributed by atoms with E-state index in [9.17, 15) is 4.79 Å². The molecule has 1 aliphatic rings. The minimum atomic E-state index is -0.365. The van der Waals surface area contributed by atoms with Crippen molar-refractivity contribution in [3.05, 3.63) is 30.3 Å². The molecule has 1 fully saturated rings. The topological polar surface area (TPSA) is 55.1 Å². The smallest absolute Gasteiger partial charge is 0.241 e. The van der Waals surface area contributed by atoms with Crippen molar-refractivity contribution >= 4 is 11.6 Å². The molecule has 0 heterocycles. The number of anilines is 1. The number of hydrogen-bond donors (Lipinski definition) is 2. The first-order chi connectivity index (χ1) is 8.27. The van der Waals surface area contributed by atoms with Crippen molar-refractivity contribution in [3.8, 4) is 0 Å². The zero-order valence-electron chi connectivity index (χ0n) is 10.1. The summed E-state index contributed by atoms with van der Waals surface area (Å²) in [5, 5.41) is 2.88. The summed E-state index contributed by atoms with van der Waals surface area (Å²) in [6.45, 7) is 0. The molecule has 1 aromatic carbocycles. The number of amides is 1. The van der Waals surface area contributed by atoms with Crippen LogP contribution in [-0.4, -0.2) is 11.9 Å². The minimum Gasteiger partial charge on any atom is -0.325 e. The van der Waals surface area contributed by atoms with E-state index in [1.165, 1.54) is 19.3 Å². The first-order valence-corrected chi connectivity index (χ1v) is 6.39. The fourth-order valence-corrected chi connectivity index (χ4v) is 2.45. The molecular formula is C14H20N2O. The van der Waals surface area contributed by atoms with Gasteiger partial charge in [-0.1, -0.05) is 37.5 Å². The predicted octanol–water partition coefficient (Wildman–Crippen LogP) is 2.53. The minimum absolute atomic E-state index is 0.0527. The van der Waals surface area contributed by atoms with Crippen LogP contribution < -0.4 is 11.1 Å². The van der Waals surface area contributed by atoms with Crippen LogP contribution in [0.2, 0.25) is 0 Å². The lowest BCUT2D eigenvalue weighted by atomic mass is 9.84. The van der Waals surface area contributed by atoms with Gasteiger partial charge < -0.3 is 11.1 Å². The van der Waals surface area contributed by atoms with Crippen LogP contribution in [0.1, 0.15) is 32.1 Å². The normalized spacial score (nSPS) is 18.6. The maximum atomic E-state index is 12.0. The Kier molecular flexibility index (Phi) is 4.15. The van der Waals surface area contributed by atoms with Crippen LogP contribution in [0.5, 0.6) is 0 Å². The van der Waals surface area contributed by atoms with Crippen LogP contribution in [0.25, 0.3) is 0 Å². The SMILES string of the molecule is N[C@H](C(=O)Nc1ccccc1)C1CCCCC1. The first-order valence-electron chi connectivity index (χ1n) is 6.39. The van der Waals surface area contributed by atoms with Gasteiger partial charge in [-0.25, -0.2) is 0 Å².